The van der Waals surface area contributed by atoms with E-state index in [-0.39, 0.29) is 5.78 Å². The second-order valence-electron chi connectivity index (χ2n) is 3.45. The number of hydrogen-bond donors (Lipinski definition) is 0. The maximum atomic E-state index is 10.9. The average Bonchev–Trinajstić information content (AvgIpc) is 2.15. The van der Waals surface area contributed by atoms with Gasteiger partial charge in [-0.25, -0.2) is 0 Å². The first-order chi connectivity index (χ1) is 5.68. The van der Waals surface area contributed by atoms with Gasteiger partial charge in [-0.05, 0) is 19.9 Å². The van der Waals surface area contributed by atoms with Crippen LogP contribution in [0.4, 0.5) is 0 Å². The molecule has 1 heterocycles. The minimum Gasteiger partial charge on any atom is -0.299 e. The van der Waals surface area contributed by atoms with E-state index in [1.807, 2.05) is 11.8 Å². The van der Waals surface area contributed by atoms with Gasteiger partial charge in [0.15, 0.2) is 0 Å². The van der Waals surface area contributed by atoms with E-state index in [9.17, 15) is 4.79 Å². The van der Waals surface area contributed by atoms with Crippen LogP contribution in [0.5, 0.6) is 0 Å². The van der Waals surface area contributed by atoms with Crippen LogP contribution in [0.3, 0.4) is 0 Å². The minimum atomic E-state index is 0.287. The number of Topliss-reactive ketones (excluding diaryl/α,β-unsaturated/α-hetero) is 1. The molecule has 0 saturated carbocycles. The molecular weight excluding hydrogens is 170 g/mol. The molecule has 3 heteroatoms. The number of nitrogens with zero attached hydrogens (tertiary/aromatic N) is 1. The van der Waals surface area contributed by atoms with Gasteiger partial charge in [0.25, 0.3) is 0 Å². The lowest BCUT2D eigenvalue weighted by molar-refractivity contribution is -0.118. The topological polar surface area (TPSA) is 20.3 Å². The Labute approximate surface area is 78.7 Å². The Morgan fingerprint density at radius 1 is 1.58 bits per heavy atom. The van der Waals surface area contributed by atoms with Crippen molar-refractivity contribution < 1.29 is 4.79 Å². The first-order valence-corrected chi connectivity index (χ1v) is 5.57. The summed E-state index contributed by atoms with van der Waals surface area (Å²) >= 11 is 2.02. The van der Waals surface area contributed by atoms with Crippen LogP contribution < -0.4 is 0 Å². The van der Waals surface area contributed by atoms with E-state index in [4.69, 9.17) is 0 Å². The van der Waals surface area contributed by atoms with Crippen LogP contribution in [-0.2, 0) is 4.79 Å². The summed E-state index contributed by atoms with van der Waals surface area (Å²) in [7, 11) is 0. The monoisotopic (exact) mass is 187 g/mol. The van der Waals surface area contributed by atoms with Gasteiger partial charge in [-0.2, -0.15) is 11.8 Å². The van der Waals surface area contributed by atoms with E-state index in [1.165, 1.54) is 12.2 Å². The van der Waals surface area contributed by atoms with Crippen LogP contribution in [-0.4, -0.2) is 41.3 Å². The Bertz CT molecular complexity index is 161. The zero-order valence-corrected chi connectivity index (χ0v) is 8.69. The highest BCUT2D eigenvalue weighted by Gasteiger charge is 2.14. The number of carbonyl (C=O) groups is 1. The van der Waals surface area contributed by atoms with Gasteiger partial charge in [-0.1, -0.05) is 6.92 Å². The van der Waals surface area contributed by atoms with Crippen molar-refractivity contribution in [2.45, 2.75) is 25.5 Å². The first kappa shape index (κ1) is 10.1. The highest BCUT2D eigenvalue weighted by molar-refractivity contribution is 7.99. The fourth-order valence-electron chi connectivity index (χ4n) is 1.42. The van der Waals surface area contributed by atoms with Crippen molar-refractivity contribution in [1.29, 1.82) is 0 Å². The molecule has 1 unspecified atom stereocenters. The molecule has 0 N–H and O–H groups in total. The maximum absolute atomic E-state index is 10.9. The molecule has 0 spiro atoms. The fourth-order valence-corrected chi connectivity index (χ4v) is 2.45. The van der Waals surface area contributed by atoms with Crippen LogP contribution in [0.25, 0.3) is 0 Å². The van der Waals surface area contributed by atoms with E-state index in [1.54, 1.807) is 6.92 Å². The number of rotatable bonds is 2. The molecule has 0 radical (unpaired) electrons. The quantitative estimate of drug-likeness (QED) is 0.652. The van der Waals surface area contributed by atoms with Crippen molar-refractivity contribution >= 4 is 17.5 Å². The molecular formula is C9H17NOS. The minimum absolute atomic E-state index is 0.287. The van der Waals surface area contributed by atoms with Gasteiger partial charge in [0, 0.05) is 17.5 Å². The van der Waals surface area contributed by atoms with E-state index >= 15 is 0 Å². The highest BCUT2D eigenvalue weighted by Crippen LogP contribution is 2.18. The molecule has 70 valence electrons. The van der Waals surface area contributed by atoms with E-state index in [0.717, 1.165) is 18.3 Å². The van der Waals surface area contributed by atoms with Gasteiger partial charge in [0.1, 0.15) is 5.78 Å². The van der Waals surface area contributed by atoms with Crippen molar-refractivity contribution in [3.63, 3.8) is 0 Å². The fraction of sp³-hybridized carbons (Fsp3) is 0.889. The number of hydrogen-bond acceptors (Lipinski definition) is 3. The van der Waals surface area contributed by atoms with Crippen molar-refractivity contribution in [2.75, 3.05) is 25.4 Å². The Kier molecular flexibility index (Phi) is 4.09. The molecule has 1 rings (SSSR count). The smallest absolute Gasteiger partial charge is 0.143 e. The summed E-state index contributed by atoms with van der Waals surface area (Å²) in [5.74, 6) is 1.46. The van der Waals surface area contributed by atoms with Gasteiger partial charge in [0.05, 0.1) is 6.54 Å². The summed E-state index contributed by atoms with van der Waals surface area (Å²) in [5.41, 5.74) is 0. The summed E-state index contributed by atoms with van der Waals surface area (Å²) in [4.78, 5) is 13.1. The van der Waals surface area contributed by atoms with Crippen LogP contribution in [0, 0.1) is 0 Å². The lowest BCUT2D eigenvalue weighted by Crippen LogP contribution is -2.30. The zero-order chi connectivity index (χ0) is 8.97. The van der Waals surface area contributed by atoms with Gasteiger partial charge in [-0.3, -0.25) is 9.69 Å². The molecule has 1 atom stereocenters. The first-order valence-electron chi connectivity index (χ1n) is 4.52. The summed E-state index contributed by atoms with van der Waals surface area (Å²) in [6.45, 7) is 6.75. The third-order valence-corrected chi connectivity index (χ3v) is 3.33. The predicted octanol–water partition coefficient (Wildman–Crippen LogP) is 1.40. The standard InChI is InChI=1S/C9H17NOS/c1-8(11)7-10-4-3-9(2)12-6-5-10/h9H,3-7H2,1-2H3. The predicted molar refractivity (Wildman–Crippen MR) is 53.7 cm³/mol. The molecule has 0 aromatic rings. The molecule has 12 heavy (non-hydrogen) atoms. The van der Waals surface area contributed by atoms with Gasteiger partial charge < -0.3 is 0 Å². The summed E-state index contributed by atoms with van der Waals surface area (Å²) in [5, 5.41) is 0.766. The maximum Gasteiger partial charge on any atom is 0.143 e. The van der Waals surface area contributed by atoms with Gasteiger partial charge in [-0.15, -0.1) is 0 Å². The number of ketones is 1. The molecule has 1 fully saturated rings. The molecule has 1 saturated heterocycles. The Morgan fingerprint density at radius 3 is 3.00 bits per heavy atom. The van der Waals surface area contributed by atoms with Crippen LogP contribution in [0.15, 0.2) is 0 Å². The van der Waals surface area contributed by atoms with Crippen molar-refractivity contribution in [3.8, 4) is 0 Å². The largest absolute Gasteiger partial charge is 0.299 e. The Balaban J connectivity index is 2.30. The average molecular weight is 187 g/mol. The lowest BCUT2D eigenvalue weighted by atomic mass is 10.3. The number of thioether (sulfide) groups is 1. The highest BCUT2D eigenvalue weighted by atomic mass is 32.2. The van der Waals surface area contributed by atoms with Crippen LogP contribution >= 0.6 is 11.8 Å². The zero-order valence-electron chi connectivity index (χ0n) is 7.88. The number of carbonyl (C=O) groups excluding carboxylic acids is 1. The molecule has 0 amide bonds. The summed E-state index contributed by atoms with van der Waals surface area (Å²) in [6, 6.07) is 0. The van der Waals surface area contributed by atoms with E-state index in [0.29, 0.717) is 6.54 Å². The Hall–Kier alpha value is -0.0200. The summed E-state index contributed by atoms with van der Waals surface area (Å²) < 4.78 is 0. The SMILES string of the molecule is CC(=O)CN1CCSC(C)CC1. The van der Waals surface area contributed by atoms with Gasteiger partial charge >= 0.3 is 0 Å². The van der Waals surface area contributed by atoms with Crippen LogP contribution in [0.2, 0.25) is 0 Å². The molecule has 1 aliphatic heterocycles. The van der Waals surface area contributed by atoms with E-state index < -0.39 is 0 Å². The lowest BCUT2D eigenvalue weighted by Gasteiger charge is -2.17. The molecule has 1 aliphatic rings. The van der Waals surface area contributed by atoms with E-state index in [2.05, 4.69) is 11.8 Å². The molecule has 0 bridgehead atoms. The van der Waals surface area contributed by atoms with Gasteiger partial charge in [0.2, 0.25) is 0 Å². The van der Waals surface area contributed by atoms with Crippen LogP contribution in [0.1, 0.15) is 20.3 Å². The molecule has 2 nitrogen and oxygen atoms in total. The third kappa shape index (κ3) is 3.59. The second kappa shape index (κ2) is 4.87. The molecule has 0 aliphatic carbocycles. The molecule has 0 aromatic carbocycles. The van der Waals surface area contributed by atoms with Crippen molar-refractivity contribution in [3.05, 3.63) is 0 Å². The second-order valence-corrected chi connectivity index (χ2v) is 4.99. The summed E-state index contributed by atoms with van der Waals surface area (Å²) in [6.07, 6.45) is 1.22. The molecule has 0 aromatic heterocycles. The Morgan fingerprint density at radius 2 is 2.33 bits per heavy atom. The third-order valence-electron chi connectivity index (χ3n) is 2.11. The van der Waals surface area contributed by atoms with Crippen molar-refractivity contribution in [2.24, 2.45) is 0 Å². The van der Waals surface area contributed by atoms with Crippen molar-refractivity contribution in [1.82, 2.24) is 4.90 Å². The normalized spacial score (nSPS) is 26.7.